The monoisotopic (exact) mass is 384 g/mol. The number of hydrogen-bond acceptors (Lipinski definition) is 4. The third kappa shape index (κ3) is 3.28. The highest BCUT2D eigenvalue weighted by Crippen LogP contribution is 2.38. The van der Waals surface area contributed by atoms with Crippen LogP contribution in [0.1, 0.15) is 40.6 Å². The number of likely N-dealkylation sites (tertiary alicyclic amines) is 1. The van der Waals surface area contributed by atoms with Gasteiger partial charge in [0.05, 0.1) is 5.56 Å². The van der Waals surface area contributed by atoms with E-state index in [1.54, 1.807) is 36.4 Å². The second-order valence-electron chi connectivity index (χ2n) is 6.54. The fraction of sp³-hybridized carbons (Fsp3) is 0.250. The highest BCUT2D eigenvalue weighted by molar-refractivity contribution is 6.30. The Morgan fingerprint density at radius 1 is 1.15 bits per heavy atom. The number of nitrogens with zero attached hydrogens (tertiary/aromatic N) is 1. The van der Waals surface area contributed by atoms with E-state index in [4.69, 9.17) is 16.3 Å². The molecule has 1 saturated heterocycles. The molecule has 1 fully saturated rings. The Kier molecular flexibility index (Phi) is 4.58. The number of rotatable bonds is 4. The molecule has 2 aliphatic heterocycles. The van der Waals surface area contributed by atoms with Crippen LogP contribution in [0.15, 0.2) is 48.5 Å². The first-order chi connectivity index (χ1) is 13.0. The molecule has 0 aliphatic carbocycles. The number of benzene rings is 2. The summed E-state index contributed by atoms with van der Waals surface area (Å²) < 4.78 is 5.41. The zero-order valence-corrected chi connectivity index (χ0v) is 15.1. The van der Waals surface area contributed by atoms with Gasteiger partial charge < -0.3 is 10.1 Å². The number of esters is 1. The van der Waals surface area contributed by atoms with Crippen molar-refractivity contribution in [2.45, 2.75) is 31.7 Å². The normalized spacial score (nSPS) is 21.1. The highest BCUT2D eigenvalue weighted by atomic mass is 35.5. The lowest BCUT2D eigenvalue weighted by Gasteiger charge is -2.29. The number of fused-ring (bicyclic) bond motifs is 1. The van der Waals surface area contributed by atoms with E-state index >= 15 is 0 Å². The van der Waals surface area contributed by atoms with Gasteiger partial charge in [-0.05, 0) is 30.2 Å². The predicted molar refractivity (Wildman–Crippen MR) is 97.8 cm³/mol. The quantitative estimate of drug-likeness (QED) is 0.822. The van der Waals surface area contributed by atoms with Crippen LogP contribution >= 0.6 is 11.6 Å². The van der Waals surface area contributed by atoms with Crippen molar-refractivity contribution in [1.82, 2.24) is 10.2 Å². The van der Waals surface area contributed by atoms with E-state index in [2.05, 4.69) is 5.32 Å². The van der Waals surface area contributed by atoms with Crippen LogP contribution in [-0.4, -0.2) is 28.7 Å². The van der Waals surface area contributed by atoms with Crippen LogP contribution < -0.4 is 5.32 Å². The molecule has 0 radical (unpaired) electrons. The third-order valence-electron chi connectivity index (χ3n) is 4.86. The fourth-order valence-corrected chi connectivity index (χ4v) is 3.62. The maximum atomic E-state index is 12.7. The van der Waals surface area contributed by atoms with Gasteiger partial charge in [0.15, 0.2) is 0 Å². The lowest BCUT2D eigenvalue weighted by molar-refractivity contribution is -0.145. The number of halogens is 1. The molecule has 0 saturated carbocycles. The van der Waals surface area contributed by atoms with Crippen molar-refractivity contribution in [2.75, 3.05) is 0 Å². The minimum absolute atomic E-state index is 0.198. The van der Waals surface area contributed by atoms with Crippen LogP contribution in [-0.2, 0) is 20.9 Å². The SMILES string of the molecule is O=C1OC(N2C(=O)CC[C@H]2C(=O)NCc2ccc(Cl)cc2)c2ccccc21. The molecule has 2 heterocycles. The van der Waals surface area contributed by atoms with Crippen molar-refractivity contribution >= 4 is 29.4 Å². The van der Waals surface area contributed by atoms with E-state index in [9.17, 15) is 14.4 Å². The van der Waals surface area contributed by atoms with E-state index < -0.39 is 18.2 Å². The summed E-state index contributed by atoms with van der Waals surface area (Å²) in [5.41, 5.74) is 1.96. The van der Waals surface area contributed by atoms with Crippen molar-refractivity contribution in [2.24, 2.45) is 0 Å². The molecule has 7 heteroatoms. The number of amides is 2. The van der Waals surface area contributed by atoms with E-state index in [1.807, 2.05) is 12.1 Å². The van der Waals surface area contributed by atoms with E-state index in [1.165, 1.54) is 4.90 Å². The summed E-state index contributed by atoms with van der Waals surface area (Å²) in [6.07, 6.45) is -0.216. The van der Waals surface area contributed by atoms with Crippen LogP contribution in [0.4, 0.5) is 0 Å². The summed E-state index contributed by atoms with van der Waals surface area (Å²) in [6.45, 7) is 0.329. The summed E-state index contributed by atoms with van der Waals surface area (Å²) in [7, 11) is 0. The van der Waals surface area contributed by atoms with Crippen molar-refractivity contribution in [3.05, 3.63) is 70.2 Å². The number of carbonyl (C=O) groups is 3. The number of nitrogens with one attached hydrogen (secondary N) is 1. The summed E-state index contributed by atoms with van der Waals surface area (Å²) in [6, 6.07) is 13.4. The predicted octanol–water partition coefficient (Wildman–Crippen LogP) is 2.82. The van der Waals surface area contributed by atoms with Gasteiger partial charge in [0.2, 0.25) is 18.0 Å². The molecule has 2 aromatic carbocycles. The molecule has 0 spiro atoms. The average Bonchev–Trinajstić information content (AvgIpc) is 3.21. The zero-order valence-electron chi connectivity index (χ0n) is 14.4. The second kappa shape index (κ2) is 7.04. The van der Waals surface area contributed by atoms with Gasteiger partial charge in [0.25, 0.3) is 0 Å². The van der Waals surface area contributed by atoms with Crippen LogP contribution in [0.5, 0.6) is 0 Å². The van der Waals surface area contributed by atoms with Crippen molar-refractivity contribution in [3.63, 3.8) is 0 Å². The molecule has 0 bridgehead atoms. The summed E-state index contributed by atoms with van der Waals surface area (Å²) in [5, 5.41) is 3.48. The molecule has 4 rings (SSSR count). The highest BCUT2D eigenvalue weighted by Gasteiger charge is 2.46. The van der Waals surface area contributed by atoms with Gasteiger partial charge in [-0.25, -0.2) is 4.79 Å². The molecule has 0 aromatic heterocycles. The van der Waals surface area contributed by atoms with Crippen molar-refractivity contribution < 1.29 is 19.1 Å². The van der Waals surface area contributed by atoms with E-state index in [-0.39, 0.29) is 18.2 Å². The van der Waals surface area contributed by atoms with Crippen LogP contribution in [0.25, 0.3) is 0 Å². The molecular weight excluding hydrogens is 368 g/mol. The Labute approximate surface area is 161 Å². The average molecular weight is 385 g/mol. The molecule has 138 valence electrons. The van der Waals surface area contributed by atoms with E-state index in [0.717, 1.165) is 5.56 Å². The number of cyclic esters (lactones) is 1. The topological polar surface area (TPSA) is 75.7 Å². The maximum Gasteiger partial charge on any atom is 0.340 e. The largest absolute Gasteiger partial charge is 0.433 e. The van der Waals surface area contributed by atoms with Gasteiger partial charge in [-0.2, -0.15) is 0 Å². The lowest BCUT2D eigenvalue weighted by Crippen LogP contribution is -2.46. The first-order valence-corrected chi connectivity index (χ1v) is 9.05. The lowest BCUT2D eigenvalue weighted by atomic mass is 10.1. The molecule has 2 aliphatic rings. The number of hydrogen-bond donors (Lipinski definition) is 1. The summed E-state index contributed by atoms with van der Waals surface area (Å²) in [4.78, 5) is 38.6. The Hall–Kier alpha value is -2.86. The standard InChI is InChI=1S/C20H17ClN2O4/c21-13-7-5-12(6-8-13)11-22-18(25)16-9-10-17(24)23(16)19-14-3-1-2-4-15(14)20(26)27-19/h1-8,16,19H,9-11H2,(H,22,25)/t16-,19?/m0/s1. The van der Waals surface area contributed by atoms with Crippen LogP contribution in [0.2, 0.25) is 5.02 Å². The van der Waals surface area contributed by atoms with Crippen molar-refractivity contribution in [1.29, 1.82) is 0 Å². The number of carbonyl (C=O) groups excluding carboxylic acids is 3. The molecule has 2 amide bonds. The third-order valence-corrected chi connectivity index (χ3v) is 5.11. The smallest absolute Gasteiger partial charge is 0.340 e. The Bertz CT molecular complexity index is 912. The van der Waals surface area contributed by atoms with Crippen LogP contribution in [0.3, 0.4) is 0 Å². The minimum Gasteiger partial charge on any atom is -0.433 e. The van der Waals surface area contributed by atoms with Gasteiger partial charge in [-0.1, -0.05) is 41.9 Å². The first-order valence-electron chi connectivity index (χ1n) is 8.68. The van der Waals surface area contributed by atoms with Gasteiger partial charge in [0, 0.05) is 23.6 Å². The van der Waals surface area contributed by atoms with Gasteiger partial charge in [-0.3, -0.25) is 14.5 Å². The first kappa shape index (κ1) is 17.5. The zero-order chi connectivity index (χ0) is 19.0. The maximum absolute atomic E-state index is 12.7. The molecule has 2 aromatic rings. The van der Waals surface area contributed by atoms with Gasteiger partial charge in [0.1, 0.15) is 6.04 Å². The van der Waals surface area contributed by atoms with E-state index in [0.29, 0.717) is 29.1 Å². The van der Waals surface area contributed by atoms with Crippen LogP contribution in [0, 0.1) is 0 Å². The Balaban J connectivity index is 1.51. The fourth-order valence-electron chi connectivity index (χ4n) is 3.50. The van der Waals surface area contributed by atoms with Gasteiger partial charge >= 0.3 is 5.97 Å². The Morgan fingerprint density at radius 3 is 2.67 bits per heavy atom. The summed E-state index contributed by atoms with van der Waals surface area (Å²) in [5.74, 6) is -0.942. The molecular formula is C20H17ClN2O4. The van der Waals surface area contributed by atoms with Crippen molar-refractivity contribution in [3.8, 4) is 0 Å². The minimum atomic E-state index is -0.852. The molecule has 1 unspecified atom stereocenters. The Morgan fingerprint density at radius 2 is 1.89 bits per heavy atom. The second-order valence-corrected chi connectivity index (χ2v) is 6.98. The van der Waals surface area contributed by atoms with Gasteiger partial charge in [-0.15, -0.1) is 0 Å². The number of ether oxygens (including phenoxy) is 1. The molecule has 6 nitrogen and oxygen atoms in total. The molecule has 27 heavy (non-hydrogen) atoms. The molecule has 2 atom stereocenters. The molecule has 1 N–H and O–H groups in total. The summed E-state index contributed by atoms with van der Waals surface area (Å²) >= 11 is 5.87.